The molecule has 1 amide bonds. The lowest BCUT2D eigenvalue weighted by Crippen LogP contribution is -2.40. The van der Waals surface area contributed by atoms with Crippen molar-refractivity contribution in [1.82, 2.24) is 0 Å². The van der Waals surface area contributed by atoms with Crippen LogP contribution in [0.2, 0.25) is 0 Å². The number of carboxylic acids is 1. The summed E-state index contributed by atoms with van der Waals surface area (Å²) in [7, 11) is 0. The molecule has 0 aromatic heterocycles. The van der Waals surface area contributed by atoms with Gasteiger partial charge < -0.3 is 10.8 Å². The highest BCUT2D eigenvalue weighted by Crippen LogP contribution is 2.20. The first kappa shape index (κ1) is 14.5. The van der Waals surface area contributed by atoms with Crippen molar-refractivity contribution < 1.29 is 14.7 Å². The number of primary amides is 1. The Morgan fingerprint density at radius 1 is 1.19 bits per heavy atom. The Labute approximate surface area is 94.9 Å². The summed E-state index contributed by atoms with van der Waals surface area (Å²) in [6.07, 6.45) is -0.111. The molecule has 0 radical (unpaired) electrons. The van der Waals surface area contributed by atoms with Crippen LogP contribution in [-0.2, 0) is 9.59 Å². The Morgan fingerprint density at radius 3 is 2.00 bits per heavy atom. The van der Waals surface area contributed by atoms with E-state index >= 15 is 0 Å². The van der Waals surface area contributed by atoms with E-state index in [4.69, 9.17) is 10.8 Å². The van der Waals surface area contributed by atoms with Crippen molar-refractivity contribution in [2.75, 3.05) is 0 Å². The van der Waals surface area contributed by atoms with Crippen LogP contribution in [0.25, 0.3) is 0 Å². The van der Waals surface area contributed by atoms with E-state index in [0.29, 0.717) is 0 Å². The lowest BCUT2D eigenvalue weighted by atomic mass is 9.96. The van der Waals surface area contributed by atoms with Crippen molar-refractivity contribution in [3.63, 3.8) is 0 Å². The molecule has 0 aliphatic carbocycles. The predicted octanol–water partition coefficient (Wildman–Crippen LogP) is 1.35. The average Bonchev–Trinajstić information content (AvgIpc) is 2.10. The van der Waals surface area contributed by atoms with Gasteiger partial charge in [0.1, 0.15) is 0 Å². The van der Waals surface area contributed by atoms with Gasteiger partial charge in [-0.05, 0) is 34.1 Å². The van der Waals surface area contributed by atoms with Gasteiger partial charge >= 0.3 is 5.97 Å². The second kappa shape index (κ2) is 5.05. The van der Waals surface area contributed by atoms with E-state index in [1.165, 1.54) is 6.92 Å². The maximum Gasteiger partial charge on any atom is 0.303 e. The Bertz CT molecular complexity index is 307. The number of nitrogens with two attached hydrogens (primary N) is 1. The normalized spacial score (nSPS) is 16.0. The highest BCUT2D eigenvalue weighted by Gasteiger charge is 2.32. The molecule has 3 N–H and O–H groups in total. The van der Waals surface area contributed by atoms with E-state index in [1.54, 1.807) is 0 Å². The van der Waals surface area contributed by atoms with Crippen LogP contribution in [0.5, 0.6) is 0 Å². The summed E-state index contributed by atoms with van der Waals surface area (Å²) in [5.41, 5.74) is 3.54. The number of azo groups is 1. The summed E-state index contributed by atoms with van der Waals surface area (Å²) in [6, 6.07) is 0. The number of carbonyl (C=O) groups is 2. The van der Waals surface area contributed by atoms with Crippen LogP contribution in [0.15, 0.2) is 10.2 Å². The standard InChI is InChI=1S/C10H19N3O3/c1-9(2,3)12-13-10(4,8(11)16)6-5-7(14)15/h5-6H2,1-4H3,(H2,11,16)(H,14,15)/b13-12+. The first-order valence-corrected chi connectivity index (χ1v) is 5.02. The number of hydrogen-bond donors (Lipinski definition) is 2. The van der Waals surface area contributed by atoms with Gasteiger partial charge in [0.25, 0.3) is 0 Å². The van der Waals surface area contributed by atoms with Crippen LogP contribution in [0, 0.1) is 0 Å². The SMILES string of the molecule is CC(C)(C)/N=N/C(C)(CCC(=O)O)C(N)=O. The molecule has 0 aliphatic rings. The minimum Gasteiger partial charge on any atom is -0.481 e. The summed E-state index contributed by atoms with van der Waals surface area (Å²) < 4.78 is 0. The van der Waals surface area contributed by atoms with Crippen molar-refractivity contribution >= 4 is 11.9 Å². The number of amides is 1. The van der Waals surface area contributed by atoms with Crippen molar-refractivity contribution in [3.8, 4) is 0 Å². The van der Waals surface area contributed by atoms with Crippen LogP contribution < -0.4 is 5.73 Å². The predicted molar refractivity (Wildman–Crippen MR) is 59.1 cm³/mol. The largest absolute Gasteiger partial charge is 0.481 e. The Morgan fingerprint density at radius 2 is 1.69 bits per heavy atom. The van der Waals surface area contributed by atoms with E-state index in [2.05, 4.69) is 10.2 Å². The van der Waals surface area contributed by atoms with Crippen molar-refractivity contribution in [2.45, 2.75) is 51.6 Å². The molecule has 0 bridgehead atoms. The molecule has 0 rings (SSSR count). The lowest BCUT2D eigenvalue weighted by Gasteiger charge is -2.21. The summed E-state index contributed by atoms with van der Waals surface area (Å²) in [4.78, 5) is 21.7. The smallest absolute Gasteiger partial charge is 0.303 e. The van der Waals surface area contributed by atoms with Crippen molar-refractivity contribution in [2.24, 2.45) is 16.0 Å². The quantitative estimate of drug-likeness (QED) is 0.695. The van der Waals surface area contributed by atoms with Crippen LogP contribution >= 0.6 is 0 Å². The van der Waals surface area contributed by atoms with Gasteiger partial charge in [-0.25, -0.2) is 0 Å². The molecule has 0 fully saturated rings. The minimum absolute atomic E-state index is 0.0528. The van der Waals surface area contributed by atoms with Gasteiger partial charge in [-0.15, -0.1) is 0 Å². The zero-order valence-electron chi connectivity index (χ0n) is 10.1. The van der Waals surface area contributed by atoms with Gasteiger partial charge in [-0.2, -0.15) is 10.2 Å². The first-order valence-electron chi connectivity index (χ1n) is 5.02. The van der Waals surface area contributed by atoms with Crippen molar-refractivity contribution in [1.29, 1.82) is 0 Å². The number of carboxylic acid groups (broad SMARTS) is 1. The molecule has 92 valence electrons. The number of carbonyl (C=O) groups excluding carboxylic acids is 1. The molecule has 0 saturated carbocycles. The third-order valence-electron chi connectivity index (χ3n) is 1.93. The molecule has 0 saturated heterocycles. The van der Waals surface area contributed by atoms with Crippen LogP contribution in [0.4, 0.5) is 0 Å². The lowest BCUT2D eigenvalue weighted by molar-refractivity contribution is -0.137. The van der Waals surface area contributed by atoms with E-state index in [-0.39, 0.29) is 12.8 Å². The fourth-order valence-electron chi connectivity index (χ4n) is 0.833. The minimum atomic E-state index is -1.24. The molecular weight excluding hydrogens is 210 g/mol. The maximum absolute atomic E-state index is 11.2. The van der Waals surface area contributed by atoms with E-state index in [1.807, 2.05) is 20.8 Å². The zero-order valence-corrected chi connectivity index (χ0v) is 10.1. The van der Waals surface area contributed by atoms with Crippen molar-refractivity contribution in [3.05, 3.63) is 0 Å². The number of aliphatic carboxylic acids is 1. The van der Waals surface area contributed by atoms with Gasteiger partial charge in [0.05, 0.1) is 5.54 Å². The summed E-state index contributed by atoms with van der Waals surface area (Å²) >= 11 is 0. The molecule has 0 aromatic rings. The number of rotatable bonds is 5. The Hall–Kier alpha value is -1.46. The topological polar surface area (TPSA) is 105 Å². The third-order valence-corrected chi connectivity index (χ3v) is 1.93. The molecule has 0 heterocycles. The molecule has 6 heteroatoms. The van der Waals surface area contributed by atoms with Gasteiger partial charge in [0.15, 0.2) is 5.54 Å². The average molecular weight is 229 g/mol. The van der Waals surface area contributed by atoms with Gasteiger partial charge in [-0.3, -0.25) is 9.59 Å². The molecule has 6 nitrogen and oxygen atoms in total. The molecule has 16 heavy (non-hydrogen) atoms. The van der Waals surface area contributed by atoms with Gasteiger partial charge in [-0.1, -0.05) is 0 Å². The number of hydrogen-bond acceptors (Lipinski definition) is 4. The maximum atomic E-state index is 11.2. The second-order valence-electron chi connectivity index (χ2n) is 4.90. The number of nitrogens with zero attached hydrogens (tertiary/aromatic N) is 2. The van der Waals surface area contributed by atoms with E-state index in [0.717, 1.165) is 0 Å². The fraction of sp³-hybridized carbons (Fsp3) is 0.800. The first-order chi connectivity index (χ1) is 7.07. The molecular formula is C10H19N3O3. The Kier molecular flexibility index (Phi) is 4.59. The highest BCUT2D eigenvalue weighted by atomic mass is 16.4. The van der Waals surface area contributed by atoms with Crippen LogP contribution in [-0.4, -0.2) is 28.1 Å². The van der Waals surface area contributed by atoms with Gasteiger partial charge in [0.2, 0.25) is 5.91 Å². The molecule has 0 aliphatic heterocycles. The molecule has 1 unspecified atom stereocenters. The molecule has 0 spiro atoms. The summed E-state index contributed by atoms with van der Waals surface area (Å²) in [5.74, 6) is -1.65. The third kappa shape index (κ3) is 5.43. The van der Waals surface area contributed by atoms with Gasteiger partial charge in [0, 0.05) is 6.42 Å². The zero-order chi connectivity index (χ0) is 13.0. The van der Waals surface area contributed by atoms with Crippen LogP contribution in [0.1, 0.15) is 40.5 Å². The molecule has 1 atom stereocenters. The van der Waals surface area contributed by atoms with E-state index < -0.39 is 23.0 Å². The highest BCUT2D eigenvalue weighted by molar-refractivity contribution is 5.84. The second-order valence-corrected chi connectivity index (χ2v) is 4.90. The van der Waals surface area contributed by atoms with Crippen LogP contribution in [0.3, 0.4) is 0 Å². The fourth-order valence-corrected chi connectivity index (χ4v) is 0.833. The Balaban J connectivity index is 4.77. The summed E-state index contributed by atoms with van der Waals surface area (Å²) in [6.45, 7) is 6.98. The summed E-state index contributed by atoms with van der Waals surface area (Å²) in [5, 5.41) is 16.4. The van der Waals surface area contributed by atoms with E-state index in [9.17, 15) is 9.59 Å². The monoisotopic (exact) mass is 229 g/mol. The molecule has 0 aromatic carbocycles.